The third-order valence-electron chi connectivity index (χ3n) is 4.75. The molecule has 0 radical (unpaired) electrons. The van der Waals surface area contributed by atoms with Crippen LogP contribution in [0.2, 0.25) is 0 Å². The van der Waals surface area contributed by atoms with Crippen LogP contribution in [-0.2, 0) is 19.4 Å². The number of hydrogen-bond acceptors (Lipinski definition) is 5. The summed E-state index contributed by atoms with van der Waals surface area (Å²) in [4.78, 5) is 35.8. The van der Waals surface area contributed by atoms with E-state index in [2.05, 4.69) is 26.1 Å². The van der Waals surface area contributed by atoms with Gasteiger partial charge in [0.2, 0.25) is 5.91 Å². The molecule has 6 nitrogen and oxygen atoms in total. The first kappa shape index (κ1) is 18.2. The highest BCUT2D eigenvalue weighted by Gasteiger charge is 2.41. The molecule has 0 aliphatic carbocycles. The number of amides is 1. The number of carbonyl (C=O) groups is 2. The fourth-order valence-electron chi connectivity index (χ4n) is 3.50. The molecular formula is C17H30N2O4. The molecule has 2 saturated heterocycles. The highest BCUT2D eigenvalue weighted by atomic mass is 17.2. The van der Waals surface area contributed by atoms with E-state index in [4.69, 9.17) is 9.78 Å². The van der Waals surface area contributed by atoms with E-state index in [0.717, 1.165) is 25.8 Å². The Balaban J connectivity index is 2.03. The molecule has 6 heteroatoms. The Bertz CT molecular complexity index is 427. The number of piperidine rings is 2. The lowest BCUT2D eigenvalue weighted by Gasteiger charge is -2.46. The first-order chi connectivity index (χ1) is 10.8. The molecule has 132 valence electrons. The van der Waals surface area contributed by atoms with Gasteiger partial charge >= 0.3 is 5.97 Å². The van der Waals surface area contributed by atoms with Crippen LogP contribution in [0, 0.1) is 5.41 Å². The third kappa shape index (κ3) is 4.91. The number of hydrogen-bond donors (Lipinski definition) is 1. The summed E-state index contributed by atoms with van der Waals surface area (Å²) in [6, 6.07) is 0.0209. The lowest BCUT2D eigenvalue weighted by atomic mass is 9.79. The summed E-state index contributed by atoms with van der Waals surface area (Å²) in [6.45, 7) is 9.31. The quantitative estimate of drug-likeness (QED) is 0.635. The second-order valence-electron chi connectivity index (χ2n) is 7.73. The van der Waals surface area contributed by atoms with E-state index in [0.29, 0.717) is 19.4 Å². The minimum Gasteiger partial charge on any atom is -0.338 e. The maximum Gasteiger partial charge on any atom is 0.339 e. The zero-order chi connectivity index (χ0) is 17.0. The van der Waals surface area contributed by atoms with Crippen molar-refractivity contribution in [3.05, 3.63) is 0 Å². The van der Waals surface area contributed by atoms with E-state index in [-0.39, 0.29) is 29.5 Å². The Morgan fingerprint density at radius 3 is 2.48 bits per heavy atom. The molecule has 2 fully saturated rings. The molecule has 0 aromatic heterocycles. The predicted octanol–water partition coefficient (Wildman–Crippen LogP) is 2.03. The molecule has 2 rings (SSSR count). The Morgan fingerprint density at radius 1 is 1.17 bits per heavy atom. The smallest absolute Gasteiger partial charge is 0.338 e. The Morgan fingerprint density at radius 2 is 1.91 bits per heavy atom. The summed E-state index contributed by atoms with van der Waals surface area (Å²) < 4.78 is 0. The van der Waals surface area contributed by atoms with E-state index < -0.39 is 5.97 Å². The molecule has 0 aromatic rings. The zero-order valence-electron chi connectivity index (χ0n) is 14.8. The molecule has 1 N–H and O–H groups in total. The predicted molar refractivity (Wildman–Crippen MR) is 86.5 cm³/mol. The summed E-state index contributed by atoms with van der Waals surface area (Å²) in [5, 5.41) is 3.35. The highest BCUT2D eigenvalue weighted by Crippen LogP contribution is 2.34. The van der Waals surface area contributed by atoms with Gasteiger partial charge in [-0.05, 0) is 37.6 Å². The third-order valence-corrected chi connectivity index (χ3v) is 4.75. The number of rotatable bonds is 3. The van der Waals surface area contributed by atoms with E-state index in [1.165, 1.54) is 6.92 Å². The Labute approximate surface area is 138 Å². The standard InChI is InChI=1S/C17H30N2O4/c1-12(20)22-23-13-8-10-19(15(11-13)17(2,3)4)16(21)14-7-5-6-9-18-14/h13-15,18H,5-11H2,1-4H3. The van der Waals surface area contributed by atoms with Gasteiger partial charge in [0.05, 0.1) is 6.04 Å². The first-order valence-corrected chi connectivity index (χ1v) is 8.67. The topological polar surface area (TPSA) is 67.9 Å². The van der Waals surface area contributed by atoms with Crippen LogP contribution in [0.25, 0.3) is 0 Å². The van der Waals surface area contributed by atoms with Gasteiger partial charge < -0.3 is 10.2 Å². The van der Waals surface area contributed by atoms with Crippen LogP contribution in [0.1, 0.15) is 59.8 Å². The molecule has 23 heavy (non-hydrogen) atoms. The number of nitrogens with one attached hydrogen (secondary N) is 1. The van der Waals surface area contributed by atoms with Gasteiger partial charge in [-0.25, -0.2) is 4.79 Å². The van der Waals surface area contributed by atoms with Crippen molar-refractivity contribution >= 4 is 11.9 Å². The highest BCUT2D eigenvalue weighted by molar-refractivity contribution is 5.82. The van der Waals surface area contributed by atoms with Gasteiger partial charge in [0.15, 0.2) is 0 Å². The van der Waals surface area contributed by atoms with Crippen molar-refractivity contribution in [3.63, 3.8) is 0 Å². The van der Waals surface area contributed by atoms with Gasteiger partial charge in [0.25, 0.3) is 0 Å². The number of nitrogens with zero attached hydrogens (tertiary/aromatic N) is 1. The van der Waals surface area contributed by atoms with E-state index in [1.807, 2.05) is 4.90 Å². The van der Waals surface area contributed by atoms with Crippen molar-refractivity contribution in [3.8, 4) is 0 Å². The van der Waals surface area contributed by atoms with Gasteiger partial charge in [-0.1, -0.05) is 27.2 Å². The lowest BCUT2D eigenvalue weighted by molar-refractivity contribution is -0.304. The van der Waals surface area contributed by atoms with Crippen molar-refractivity contribution in [1.82, 2.24) is 10.2 Å². The van der Waals surface area contributed by atoms with Crippen molar-refractivity contribution < 1.29 is 19.4 Å². The second-order valence-corrected chi connectivity index (χ2v) is 7.73. The van der Waals surface area contributed by atoms with Crippen LogP contribution in [0.15, 0.2) is 0 Å². The monoisotopic (exact) mass is 326 g/mol. The maximum absolute atomic E-state index is 12.9. The molecule has 1 amide bonds. The van der Waals surface area contributed by atoms with Crippen LogP contribution < -0.4 is 5.32 Å². The summed E-state index contributed by atoms with van der Waals surface area (Å²) in [5.74, 6) is -0.238. The number of carbonyl (C=O) groups excluding carboxylic acids is 2. The normalized spacial score (nSPS) is 29.2. The van der Waals surface area contributed by atoms with E-state index in [9.17, 15) is 9.59 Å². The maximum atomic E-state index is 12.9. The van der Waals surface area contributed by atoms with Gasteiger partial charge in [-0.2, -0.15) is 4.89 Å². The zero-order valence-corrected chi connectivity index (χ0v) is 14.8. The fourth-order valence-corrected chi connectivity index (χ4v) is 3.50. The van der Waals surface area contributed by atoms with Gasteiger partial charge in [0.1, 0.15) is 6.10 Å². The lowest BCUT2D eigenvalue weighted by Crippen LogP contribution is -2.58. The molecule has 3 atom stereocenters. The van der Waals surface area contributed by atoms with Crippen LogP contribution in [0.5, 0.6) is 0 Å². The summed E-state index contributed by atoms with van der Waals surface area (Å²) in [7, 11) is 0. The van der Waals surface area contributed by atoms with Gasteiger partial charge in [-0.3, -0.25) is 9.68 Å². The van der Waals surface area contributed by atoms with E-state index in [1.54, 1.807) is 0 Å². The van der Waals surface area contributed by atoms with Crippen LogP contribution in [0.3, 0.4) is 0 Å². The molecule has 0 spiro atoms. The molecule has 0 saturated carbocycles. The molecular weight excluding hydrogens is 296 g/mol. The minimum atomic E-state index is -0.442. The summed E-state index contributed by atoms with van der Waals surface area (Å²) in [5.41, 5.74) is -0.0530. The van der Waals surface area contributed by atoms with E-state index >= 15 is 0 Å². The molecule has 2 aliphatic heterocycles. The SMILES string of the molecule is CC(=O)OOC1CCN(C(=O)C2CCCCN2)C(C(C)(C)C)C1. The van der Waals surface area contributed by atoms with Crippen molar-refractivity contribution in [1.29, 1.82) is 0 Å². The number of likely N-dealkylation sites (tertiary alicyclic amines) is 1. The first-order valence-electron chi connectivity index (χ1n) is 8.67. The van der Waals surface area contributed by atoms with Crippen LogP contribution >= 0.6 is 0 Å². The van der Waals surface area contributed by atoms with Gasteiger partial charge in [-0.15, -0.1) is 0 Å². The fraction of sp³-hybridized carbons (Fsp3) is 0.882. The molecule has 2 aliphatic rings. The van der Waals surface area contributed by atoms with Crippen LogP contribution in [-0.4, -0.2) is 48.1 Å². The minimum absolute atomic E-state index is 0.0530. The Hall–Kier alpha value is -1.14. The summed E-state index contributed by atoms with van der Waals surface area (Å²) in [6.07, 6.45) is 4.40. The molecule has 0 bridgehead atoms. The molecule has 0 aromatic carbocycles. The van der Waals surface area contributed by atoms with Crippen molar-refractivity contribution in [2.45, 2.75) is 78.0 Å². The van der Waals surface area contributed by atoms with Gasteiger partial charge in [0, 0.05) is 19.5 Å². The average Bonchev–Trinajstić information content (AvgIpc) is 2.52. The van der Waals surface area contributed by atoms with Crippen LogP contribution in [0.4, 0.5) is 0 Å². The molecule has 3 unspecified atom stereocenters. The summed E-state index contributed by atoms with van der Waals surface area (Å²) >= 11 is 0. The Kier molecular flexibility index (Phi) is 6.03. The largest absolute Gasteiger partial charge is 0.339 e. The van der Waals surface area contributed by atoms with Crippen molar-refractivity contribution in [2.24, 2.45) is 5.41 Å². The second kappa shape index (κ2) is 7.62. The van der Waals surface area contributed by atoms with Crippen molar-refractivity contribution in [2.75, 3.05) is 13.1 Å². The molecule has 2 heterocycles. The average molecular weight is 326 g/mol.